The highest BCUT2D eigenvalue weighted by molar-refractivity contribution is 7.91. The van der Waals surface area contributed by atoms with Gasteiger partial charge in [0.15, 0.2) is 5.65 Å². The van der Waals surface area contributed by atoms with Crippen molar-refractivity contribution in [2.45, 2.75) is 9.92 Å². The Morgan fingerprint density at radius 2 is 1.78 bits per heavy atom. The lowest BCUT2D eigenvalue weighted by Gasteiger charge is -2.11. The molecule has 5 rings (SSSR count). The van der Waals surface area contributed by atoms with E-state index in [1.807, 2.05) is 36.4 Å². The first-order chi connectivity index (χ1) is 15.5. The topological polar surface area (TPSA) is 98.5 Å². The minimum Gasteiger partial charge on any atom is -0.497 e. The minimum absolute atomic E-state index is 0.0695. The zero-order valence-electron chi connectivity index (χ0n) is 16.7. The smallest absolute Gasteiger partial charge is 0.229 e. The summed E-state index contributed by atoms with van der Waals surface area (Å²) in [6, 6.07) is 20.7. The normalized spacial score (nSPS) is 11.7. The first kappa shape index (κ1) is 20.2. The van der Waals surface area contributed by atoms with Crippen molar-refractivity contribution in [3.05, 3.63) is 77.8 Å². The summed E-state index contributed by atoms with van der Waals surface area (Å²) in [6.07, 6.45) is 0. The fourth-order valence-corrected chi connectivity index (χ4v) is 4.81. The number of rotatable bonds is 5. The fraction of sp³-hybridized carbons (Fsp3) is 0.0455. The van der Waals surface area contributed by atoms with Crippen LogP contribution in [-0.2, 0) is 9.84 Å². The number of halogens is 1. The summed E-state index contributed by atoms with van der Waals surface area (Å²) in [4.78, 5) is 4.66. The Morgan fingerprint density at radius 3 is 2.53 bits per heavy atom. The van der Waals surface area contributed by atoms with Gasteiger partial charge in [-0.15, -0.1) is 5.10 Å². The van der Waals surface area contributed by atoms with Crippen molar-refractivity contribution in [3.8, 4) is 5.75 Å². The number of nitrogens with one attached hydrogen (secondary N) is 1. The monoisotopic (exact) mass is 465 g/mol. The van der Waals surface area contributed by atoms with Gasteiger partial charge in [0.25, 0.3) is 0 Å². The van der Waals surface area contributed by atoms with E-state index >= 15 is 0 Å². The molecule has 0 aliphatic heterocycles. The first-order valence-corrected chi connectivity index (χ1v) is 11.4. The van der Waals surface area contributed by atoms with Crippen LogP contribution < -0.4 is 10.1 Å². The molecule has 0 bridgehead atoms. The van der Waals surface area contributed by atoms with E-state index < -0.39 is 9.84 Å². The van der Waals surface area contributed by atoms with Gasteiger partial charge in [-0.3, -0.25) is 0 Å². The third-order valence-corrected chi connectivity index (χ3v) is 6.83. The third kappa shape index (κ3) is 3.41. The van der Waals surface area contributed by atoms with Crippen LogP contribution in [0.3, 0.4) is 0 Å². The summed E-state index contributed by atoms with van der Waals surface area (Å²) in [5, 5.41) is 12.4. The Hall–Kier alpha value is -3.69. The lowest BCUT2D eigenvalue weighted by molar-refractivity contribution is 0.414. The summed E-state index contributed by atoms with van der Waals surface area (Å²) < 4.78 is 33.2. The Balaban J connectivity index is 1.71. The number of anilines is 2. The second-order valence-electron chi connectivity index (χ2n) is 6.92. The van der Waals surface area contributed by atoms with Gasteiger partial charge in [0.2, 0.25) is 14.9 Å². The average Bonchev–Trinajstić information content (AvgIpc) is 3.24. The van der Waals surface area contributed by atoms with Crippen molar-refractivity contribution in [1.29, 1.82) is 0 Å². The highest BCUT2D eigenvalue weighted by Crippen LogP contribution is 2.30. The standard InChI is InChI=1S/C22H16ClN5O3S/c1-31-16-9-11-17(12-10-16)32(29,30)22-21-25-20(24-15-6-4-5-14(23)13-15)18-7-2-3-8-19(18)28(21)27-26-22/h2-13H,1H3,(H,24,25). The maximum absolute atomic E-state index is 13.3. The van der Waals surface area contributed by atoms with Crippen molar-refractivity contribution in [3.63, 3.8) is 0 Å². The first-order valence-electron chi connectivity index (χ1n) is 9.53. The quantitative estimate of drug-likeness (QED) is 0.407. The molecular formula is C22H16ClN5O3S. The molecule has 2 heterocycles. The Labute approximate surface area is 188 Å². The highest BCUT2D eigenvalue weighted by Gasteiger charge is 2.27. The van der Waals surface area contributed by atoms with E-state index in [1.165, 1.54) is 23.8 Å². The SMILES string of the molecule is COc1ccc(S(=O)(=O)c2nnn3c2nc(Nc2cccc(Cl)c2)c2ccccc23)cc1. The lowest BCUT2D eigenvalue weighted by Crippen LogP contribution is -2.05. The van der Waals surface area contributed by atoms with E-state index in [4.69, 9.17) is 16.3 Å². The molecule has 0 saturated heterocycles. The van der Waals surface area contributed by atoms with Crippen molar-refractivity contribution in [2.24, 2.45) is 0 Å². The number of hydrogen-bond donors (Lipinski definition) is 1. The van der Waals surface area contributed by atoms with Gasteiger partial charge in [0.05, 0.1) is 17.5 Å². The van der Waals surface area contributed by atoms with Gasteiger partial charge in [0.1, 0.15) is 11.6 Å². The number of hydrogen-bond acceptors (Lipinski definition) is 7. The summed E-state index contributed by atoms with van der Waals surface area (Å²) in [6.45, 7) is 0. The molecular weight excluding hydrogens is 450 g/mol. The van der Waals surface area contributed by atoms with Gasteiger partial charge in [-0.25, -0.2) is 13.4 Å². The Kier molecular flexibility index (Phi) is 4.91. The van der Waals surface area contributed by atoms with E-state index in [9.17, 15) is 8.42 Å². The number of nitrogens with zero attached hydrogens (tertiary/aromatic N) is 4. The molecule has 0 spiro atoms. The third-order valence-electron chi connectivity index (χ3n) is 4.93. The number of aromatic nitrogens is 4. The Morgan fingerprint density at radius 1 is 1.00 bits per heavy atom. The molecule has 0 saturated carbocycles. The maximum Gasteiger partial charge on any atom is 0.229 e. The van der Waals surface area contributed by atoms with E-state index in [0.717, 1.165) is 5.39 Å². The summed E-state index contributed by atoms with van der Waals surface area (Å²) in [5.74, 6) is 1.01. The van der Waals surface area contributed by atoms with Gasteiger partial charge in [-0.1, -0.05) is 35.0 Å². The van der Waals surface area contributed by atoms with E-state index in [-0.39, 0.29) is 15.6 Å². The van der Waals surface area contributed by atoms with Crippen LogP contribution in [0, 0.1) is 0 Å². The molecule has 0 amide bonds. The van der Waals surface area contributed by atoms with Crippen LogP contribution in [0.4, 0.5) is 11.5 Å². The van der Waals surface area contributed by atoms with Crippen LogP contribution in [-0.4, -0.2) is 35.3 Å². The van der Waals surface area contributed by atoms with Crippen LogP contribution in [0.2, 0.25) is 5.02 Å². The molecule has 0 radical (unpaired) electrons. The molecule has 8 nitrogen and oxygen atoms in total. The number of para-hydroxylation sites is 1. The molecule has 0 aliphatic rings. The van der Waals surface area contributed by atoms with E-state index in [2.05, 4.69) is 20.6 Å². The van der Waals surface area contributed by atoms with Crippen LogP contribution in [0.15, 0.2) is 82.7 Å². The number of ether oxygens (including phenoxy) is 1. The number of fused-ring (bicyclic) bond motifs is 3. The van der Waals surface area contributed by atoms with E-state index in [0.29, 0.717) is 27.8 Å². The summed E-state index contributed by atoms with van der Waals surface area (Å²) >= 11 is 6.11. The number of methoxy groups -OCH3 is 1. The predicted molar refractivity (Wildman–Crippen MR) is 121 cm³/mol. The van der Waals surface area contributed by atoms with Crippen molar-refractivity contribution >= 4 is 49.5 Å². The summed E-state index contributed by atoms with van der Waals surface area (Å²) in [5.41, 5.74) is 1.49. The maximum atomic E-state index is 13.3. The van der Waals surface area contributed by atoms with Crippen LogP contribution in [0.5, 0.6) is 5.75 Å². The predicted octanol–water partition coefficient (Wildman–Crippen LogP) is 4.52. The van der Waals surface area contributed by atoms with Gasteiger partial charge in [-0.05, 0) is 54.6 Å². The second kappa shape index (κ2) is 7.77. The lowest BCUT2D eigenvalue weighted by atomic mass is 10.2. The minimum atomic E-state index is -3.97. The van der Waals surface area contributed by atoms with Gasteiger partial charge in [0, 0.05) is 16.1 Å². The van der Waals surface area contributed by atoms with Crippen molar-refractivity contribution in [1.82, 2.24) is 19.8 Å². The molecule has 10 heteroatoms. The zero-order valence-corrected chi connectivity index (χ0v) is 18.3. The van der Waals surface area contributed by atoms with Crippen LogP contribution in [0.25, 0.3) is 16.6 Å². The molecule has 0 aliphatic carbocycles. The molecule has 32 heavy (non-hydrogen) atoms. The van der Waals surface area contributed by atoms with Gasteiger partial charge >= 0.3 is 0 Å². The zero-order chi connectivity index (χ0) is 22.3. The molecule has 160 valence electrons. The molecule has 3 aromatic carbocycles. The number of benzene rings is 3. The van der Waals surface area contributed by atoms with Gasteiger partial charge < -0.3 is 10.1 Å². The molecule has 5 aromatic rings. The van der Waals surface area contributed by atoms with E-state index in [1.54, 1.807) is 24.3 Å². The molecule has 0 atom stereocenters. The Bertz CT molecular complexity index is 1570. The molecule has 0 unspecified atom stereocenters. The molecule has 0 fully saturated rings. The number of sulfone groups is 1. The fourth-order valence-electron chi connectivity index (χ4n) is 3.38. The molecule has 2 aromatic heterocycles. The van der Waals surface area contributed by atoms with Crippen molar-refractivity contribution < 1.29 is 13.2 Å². The average molecular weight is 466 g/mol. The van der Waals surface area contributed by atoms with Crippen molar-refractivity contribution in [2.75, 3.05) is 12.4 Å². The van der Waals surface area contributed by atoms with Crippen LogP contribution >= 0.6 is 11.6 Å². The van der Waals surface area contributed by atoms with Gasteiger partial charge in [-0.2, -0.15) is 4.52 Å². The van der Waals surface area contributed by atoms with Crippen LogP contribution in [0.1, 0.15) is 0 Å². The molecule has 1 N–H and O–H groups in total. The highest BCUT2D eigenvalue weighted by atomic mass is 35.5. The largest absolute Gasteiger partial charge is 0.497 e. The second-order valence-corrected chi connectivity index (χ2v) is 9.22. The summed E-state index contributed by atoms with van der Waals surface area (Å²) in [7, 11) is -2.46.